The number of nitriles is 1. The van der Waals surface area contributed by atoms with Crippen molar-refractivity contribution in [2.45, 2.75) is 0 Å². The fourth-order valence-corrected chi connectivity index (χ4v) is 0.346. The minimum Gasteiger partial charge on any atom is -0.373 e. The zero-order chi connectivity index (χ0) is 5.11. The fourth-order valence-electron chi connectivity index (χ4n) is 0.346. The molecule has 1 heterocycles. The Kier molecular flexibility index (Phi) is 0.991. The number of rotatable bonds is 1. The summed E-state index contributed by atoms with van der Waals surface area (Å²) in [5, 5.41) is 7.98. The first kappa shape index (κ1) is 4.20. The molecule has 1 rings (SSSR count). The Bertz CT molecular complexity index is 117. The molecular weight excluding hydrogens is 88.1 g/mol. The first-order valence-electron chi connectivity index (χ1n) is 2.24. The summed E-state index contributed by atoms with van der Waals surface area (Å²) >= 11 is 0. The van der Waals surface area contributed by atoms with Gasteiger partial charge in [0, 0.05) is 25.4 Å². The first-order chi connectivity index (χ1) is 3.43. The molecule has 0 saturated carbocycles. The molecule has 1 fully saturated rings. The molecule has 1 saturated heterocycles. The van der Waals surface area contributed by atoms with E-state index in [-0.39, 0.29) is 0 Å². The number of allylic oxidation sites excluding steroid dienone is 1. The molecule has 36 valence electrons. The topological polar surface area (TPSA) is 26.8 Å². The van der Waals surface area contributed by atoms with Gasteiger partial charge in [-0.1, -0.05) is 0 Å². The Balaban J connectivity index is 2.21. The van der Waals surface area contributed by atoms with E-state index < -0.39 is 0 Å². The highest BCUT2D eigenvalue weighted by atomic mass is 15.2. The van der Waals surface area contributed by atoms with Gasteiger partial charge in [-0.05, 0) is 0 Å². The lowest BCUT2D eigenvalue weighted by Crippen LogP contribution is -1.76. The minimum absolute atomic E-state index is 1.12. The van der Waals surface area contributed by atoms with Crippen LogP contribution >= 0.6 is 0 Å². The molecule has 2 nitrogen and oxygen atoms in total. The van der Waals surface area contributed by atoms with Crippen LogP contribution in [0.5, 0.6) is 0 Å². The monoisotopic (exact) mass is 94.1 g/mol. The molecule has 1 aliphatic rings. The molecule has 0 aromatic rings. The summed E-state index contributed by atoms with van der Waals surface area (Å²) in [5.41, 5.74) is 0. The van der Waals surface area contributed by atoms with Crippen LogP contribution in [0.2, 0.25) is 0 Å². The molecule has 0 aromatic heterocycles. The predicted octanol–water partition coefficient (Wildman–Crippen LogP) is 0.339. The Morgan fingerprint density at radius 1 is 1.57 bits per heavy atom. The highest BCUT2D eigenvalue weighted by Gasteiger charge is 2.09. The van der Waals surface area contributed by atoms with E-state index in [0.29, 0.717) is 0 Å². The Labute approximate surface area is 42.7 Å². The zero-order valence-electron chi connectivity index (χ0n) is 3.96. The summed E-state index contributed by atoms with van der Waals surface area (Å²) in [6, 6.07) is 1.92. The molecule has 7 heavy (non-hydrogen) atoms. The number of hydrogen-bond donors (Lipinski definition) is 0. The second-order valence-corrected chi connectivity index (χ2v) is 1.48. The second-order valence-electron chi connectivity index (χ2n) is 1.48. The van der Waals surface area contributed by atoms with Crippen molar-refractivity contribution in [1.29, 1.82) is 5.26 Å². The Morgan fingerprint density at radius 2 is 2.29 bits per heavy atom. The summed E-state index contributed by atoms with van der Waals surface area (Å²) in [6.07, 6.45) is 3.30. The lowest BCUT2D eigenvalue weighted by Gasteiger charge is -1.79. The maximum absolute atomic E-state index is 7.98. The van der Waals surface area contributed by atoms with Crippen molar-refractivity contribution >= 4 is 0 Å². The summed E-state index contributed by atoms with van der Waals surface area (Å²) in [5.74, 6) is 0. The Morgan fingerprint density at radius 3 is 2.71 bits per heavy atom. The van der Waals surface area contributed by atoms with Gasteiger partial charge in [0.2, 0.25) is 0 Å². The van der Waals surface area contributed by atoms with Crippen LogP contribution in [0.1, 0.15) is 0 Å². The van der Waals surface area contributed by atoms with Crippen LogP contribution in [-0.2, 0) is 0 Å². The van der Waals surface area contributed by atoms with Crippen molar-refractivity contribution < 1.29 is 0 Å². The van der Waals surface area contributed by atoms with Crippen molar-refractivity contribution in [3.63, 3.8) is 0 Å². The average Bonchev–Trinajstić information content (AvgIpc) is 2.42. The summed E-state index contributed by atoms with van der Waals surface area (Å²) in [6.45, 7) is 2.25. The van der Waals surface area contributed by atoms with Crippen LogP contribution in [0.15, 0.2) is 12.3 Å². The third kappa shape index (κ3) is 1.27. The lowest BCUT2D eigenvalue weighted by molar-refractivity contribution is 0.773. The highest BCUT2D eigenvalue weighted by Crippen LogP contribution is 2.01. The third-order valence-corrected chi connectivity index (χ3v) is 0.842. The summed E-state index contributed by atoms with van der Waals surface area (Å²) < 4.78 is 0. The van der Waals surface area contributed by atoms with E-state index in [9.17, 15) is 0 Å². The Hall–Kier alpha value is -0.970. The average molecular weight is 94.1 g/mol. The maximum Gasteiger partial charge on any atom is 0.0927 e. The maximum atomic E-state index is 7.98. The van der Waals surface area contributed by atoms with Crippen LogP contribution in [0.25, 0.3) is 0 Å². The summed E-state index contributed by atoms with van der Waals surface area (Å²) in [7, 11) is 0. The van der Waals surface area contributed by atoms with Gasteiger partial charge in [0.05, 0.1) is 6.07 Å². The van der Waals surface area contributed by atoms with Crippen molar-refractivity contribution in [3.8, 4) is 6.07 Å². The van der Waals surface area contributed by atoms with E-state index in [2.05, 4.69) is 4.90 Å². The van der Waals surface area contributed by atoms with Crippen molar-refractivity contribution in [2.75, 3.05) is 13.1 Å². The van der Waals surface area contributed by atoms with Crippen molar-refractivity contribution in [3.05, 3.63) is 12.3 Å². The van der Waals surface area contributed by atoms with Crippen LogP contribution in [0.4, 0.5) is 0 Å². The van der Waals surface area contributed by atoms with Crippen LogP contribution in [-0.4, -0.2) is 18.0 Å². The molecule has 2 heteroatoms. The normalized spacial score (nSPS) is 17.3. The van der Waals surface area contributed by atoms with E-state index in [4.69, 9.17) is 5.26 Å². The van der Waals surface area contributed by atoms with E-state index in [1.54, 1.807) is 6.20 Å². The van der Waals surface area contributed by atoms with E-state index in [0.717, 1.165) is 13.1 Å². The second kappa shape index (κ2) is 1.65. The lowest BCUT2D eigenvalue weighted by atomic mass is 10.7. The van der Waals surface area contributed by atoms with Gasteiger partial charge in [-0.3, -0.25) is 0 Å². The molecule has 0 aliphatic carbocycles. The number of hydrogen-bond acceptors (Lipinski definition) is 2. The minimum atomic E-state index is 1.12. The third-order valence-electron chi connectivity index (χ3n) is 0.842. The van der Waals surface area contributed by atoms with Gasteiger partial charge < -0.3 is 4.90 Å². The van der Waals surface area contributed by atoms with Crippen LogP contribution in [0.3, 0.4) is 0 Å². The van der Waals surface area contributed by atoms with Crippen molar-refractivity contribution in [2.24, 2.45) is 0 Å². The molecule has 0 amide bonds. The molecule has 0 radical (unpaired) electrons. The van der Waals surface area contributed by atoms with E-state index in [1.165, 1.54) is 6.08 Å². The van der Waals surface area contributed by atoms with Gasteiger partial charge in [0.1, 0.15) is 0 Å². The smallest absolute Gasteiger partial charge is 0.0927 e. The van der Waals surface area contributed by atoms with E-state index in [1.807, 2.05) is 6.07 Å². The van der Waals surface area contributed by atoms with Gasteiger partial charge in [-0.2, -0.15) is 5.26 Å². The molecule has 0 unspecified atom stereocenters. The molecular formula is C5H6N2. The van der Waals surface area contributed by atoms with Crippen molar-refractivity contribution in [1.82, 2.24) is 4.90 Å². The SMILES string of the molecule is N#CC=CN1CC1. The van der Waals surface area contributed by atoms with Crippen LogP contribution < -0.4 is 0 Å². The highest BCUT2D eigenvalue weighted by molar-refractivity contribution is 5.03. The molecule has 0 bridgehead atoms. The molecule has 0 aromatic carbocycles. The largest absolute Gasteiger partial charge is 0.373 e. The summed E-state index contributed by atoms with van der Waals surface area (Å²) in [4.78, 5) is 2.06. The van der Waals surface area contributed by atoms with Gasteiger partial charge in [-0.15, -0.1) is 0 Å². The van der Waals surface area contributed by atoms with Gasteiger partial charge >= 0.3 is 0 Å². The van der Waals surface area contributed by atoms with E-state index >= 15 is 0 Å². The number of nitrogens with zero attached hydrogens (tertiary/aromatic N) is 2. The molecule has 0 atom stereocenters. The first-order valence-corrected chi connectivity index (χ1v) is 2.24. The molecule has 0 N–H and O–H groups in total. The molecule has 0 spiro atoms. The quantitative estimate of drug-likeness (QED) is 0.346. The van der Waals surface area contributed by atoms with Crippen LogP contribution in [0, 0.1) is 11.3 Å². The van der Waals surface area contributed by atoms with Gasteiger partial charge in [0.15, 0.2) is 0 Å². The predicted molar refractivity (Wildman–Crippen MR) is 26.3 cm³/mol. The van der Waals surface area contributed by atoms with Gasteiger partial charge in [0.25, 0.3) is 0 Å². The fraction of sp³-hybridized carbons (Fsp3) is 0.400. The molecule has 1 aliphatic heterocycles. The standard InChI is InChI=1S/C5H6N2/c6-2-1-3-7-4-5-7/h1,3H,4-5H2. The zero-order valence-corrected chi connectivity index (χ0v) is 3.96. The van der Waals surface area contributed by atoms with Gasteiger partial charge in [-0.25, -0.2) is 0 Å².